The molecule has 0 atom stereocenters. The van der Waals surface area contributed by atoms with Crippen molar-refractivity contribution in [1.82, 2.24) is 14.6 Å². The number of nitrogens with one attached hydrogen (secondary N) is 1. The minimum atomic E-state index is -3.58. The predicted octanol–water partition coefficient (Wildman–Crippen LogP) is 0.406. The molecule has 0 saturated heterocycles. The van der Waals surface area contributed by atoms with E-state index in [1.165, 1.54) is 12.3 Å². The van der Waals surface area contributed by atoms with E-state index >= 15 is 0 Å². The van der Waals surface area contributed by atoms with Gasteiger partial charge < -0.3 is 10.6 Å². The zero-order chi connectivity index (χ0) is 15.4. The van der Waals surface area contributed by atoms with Crippen LogP contribution in [0, 0.1) is 5.41 Å². The average Bonchev–Trinajstić information content (AvgIpc) is 2.35. The fraction of sp³-hybridized carbons (Fsp3) is 0.615. The van der Waals surface area contributed by atoms with Crippen LogP contribution >= 0.6 is 0 Å². The first-order valence-electron chi connectivity index (χ1n) is 6.46. The molecule has 0 aliphatic heterocycles. The summed E-state index contributed by atoms with van der Waals surface area (Å²) in [4.78, 5) is 6.19. The molecule has 20 heavy (non-hydrogen) atoms. The Morgan fingerprint density at radius 1 is 1.40 bits per heavy atom. The molecule has 7 heteroatoms. The van der Waals surface area contributed by atoms with E-state index in [9.17, 15) is 8.42 Å². The summed E-state index contributed by atoms with van der Waals surface area (Å²) in [5.74, 6) is 0. The predicted molar refractivity (Wildman–Crippen MR) is 79.7 cm³/mol. The summed E-state index contributed by atoms with van der Waals surface area (Å²) in [5.41, 5.74) is 5.75. The molecule has 0 amide bonds. The first kappa shape index (κ1) is 17.0. The van der Waals surface area contributed by atoms with Crippen LogP contribution in [-0.2, 0) is 16.6 Å². The average molecular weight is 300 g/mol. The minimum Gasteiger partial charge on any atom is -0.325 e. The van der Waals surface area contributed by atoms with Gasteiger partial charge in [-0.3, -0.25) is 4.98 Å². The second-order valence-electron chi connectivity index (χ2n) is 5.88. The van der Waals surface area contributed by atoms with Crippen molar-refractivity contribution in [2.75, 3.05) is 27.2 Å². The van der Waals surface area contributed by atoms with E-state index in [4.69, 9.17) is 5.73 Å². The van der Waals surface area contributed by atoms with E-state index < -0.39 is 10.0 Å². The third-order valence-electron chi connectivity index (χ3n) is 2.82. The third kappa shape index (κ3) is 4.82. The number of hydrogen-bond donors (Lipinski definition) is 2. The van der Waals surface area contributed by atoms with Gasteiger partial charge in [0.05, 0.1) is 5.69 Å². The van der Waals surface area contributed by atoms with Gasteiger partial charge in [0.1, 0.15) is 4.90 Å². The van der Waals surface area contributed by atoms with Crippen LogP contribution in [0.15, 0.2) is 23.2 Å². The summed E-state index contributed by atoms with van der Waals surface area (Å²) < 4.78 is 27.3. The number of pyridine rings is 1. The molecular weight excluding hydrogens is 276 g/mol. The number of rotatable bonds is 7. The molecule has 0 spiro atoms. The van der Waals surface area contributed by atoms with Crippen LogP contribution in [0.3, 0.4) is 0 Å². The monoisotopic (exact) mass is 300 g/mol. The van der Waals surface area contributed by atoms with E-state index in [2.05, 4.69) is 9.71 Å². The van der Waals surface area contributed by atoms with Crippen LogP contribution in [0.1, 0.15) is 19.5 Å². The molecule has 3 N–H and O–H groups in total. The highest BCUT2D eigenvalue weighted by atomic mass is 32.2. The molecule has 114 valence electrons. The van der Waals surface area contributed by atoms with E-state index in [1.54, 1.807) is 6.07 Å². The maximum atomic E-state index is 12.3. The highest BCUT2D eigenvalue weighted by molar-refractivity contribution is 7.89. The molecule has 0 aliphatic carbocycles. The van der Waals surface area contributed by atoms with E-state index in [1.807, 2.05) is 32.8 Å². The van der Waals surface area contributed by atoms with Crippen LogP contribution < -0.4 is 10.5 Å². The molecule has 1 aromatic heterocycles. The van der Waals surface area contributed by atoms with Gasteiger partial charge in [-0.25, -0.2) is 13.1 Å². The molecule has 0 aromatic carbocycles. The Morgan fingerprint density at radius 3 is 2.60 bits per heavy atom. The highest BCUT2D eigenvalue weighted by Gasteiger charge is 2.24. The first-order valence-corrected chi connectivity index (χ1v) is 7.95. The van der Waals surface area contributed by atoms with Crippen LogP contribution in [0.5, 0.6) is 0 Å². The lowest BCUT2D eigenvalue weighted by atomic mass is 9.93. The van der Waals surface area contributed by atoms with Gasteiger partial charge in [0.15, 0.2) is 0 Å². The topological polar surface area (TPSA) is 88.3 Å². The summed E-state index contributed by atoms with van der Waals surface area (Å²) in [7, 11) is 0.341. The van der Waals surface area contributed by atoms with E-state index in [0.29, 0.717) is 12.2 Å². The third-order valence-corrected chi connectivity index (χ3v) is 4.29. The highest BCUT2D eigenvalue weighted by Crippen LogP contribution is 2.17. The SMILES string of the molecule is CN(C)CC(C)(C)CNS(=O)(=O)c1cccnc1CN. The number of aromatic nitrogens is 1. The van der Waals surface area contributed by atoms with E-state index in [0.717, 1.165) is 6.54 Å². The van der Waals surface area contributed by atoms with Gasteiger partial charge in [0.2, 0.25) is 10.0 Å². The van der Waals surface area contributed by atoms with Gasteiger partial charge in [-0.05, 0) is 31.6 Å². The van der Waals surface area contributed by atoms with Crippen molar-refractivity contribution in [2.45, 2.75) is 25.3 Å². The quantitative estimate of drug-likeness (QED) is 0.761. The second-order valence-corrected chi connectivity index (χ2v) is 7.61. The molecular formula is C13H24N4O2S. The fourth-order valence-electron chi connectivity index (χ4n) is 2.10. The summed E-state index contributed by atoms with van der Waals surface area (Å²) in [5, 5.41) is 0. The van der Waals surface area contributed by atoms with Gasteiger partial charge in [-0.2, -0.15) is 0 Å². The van der Waals surface area contributed by atoms with Crippen molar-refractivity contribution in [3.63, 3.8) is 0 Å². The van der Waals surface area contributed by atoms with Crippen molar-refractivity contribution >= 4 is 10.0 Å². The van der Waals surface area contributed by atoms with Crippen LogP contribution in [-0.4, -0.2) is 45.5 Å². The zero-order valence-corrected chi connectivity index (χ0v) is 13.4. The largest absolute Gasteiger partial charge is 0.325 e. The molecule has 1 rings (SSSR count). The lowest BCUT2D eigenvalue weighted by Gasteiger charge is -2.28. The Balaban J connectivity index is 2.86. The molecule has 0 radical (unpaired) electrons. The minimum absolute atomic E-state index is 0.0954. The molecule has 0 bridgehead atoms. The molecule has 0 unspecified atom stereocenters. The zero-order valence-electron chi connectivity index (χ0n) is 12.5. The Hall–Kier alpha value is -1.02. The van der Waals surface area contributed by atoms with Crippen LogP contribution in [0.25, 0.3) is 0 Å². The molecule has 1 heterocycles. The molecule has 0 fully saturated rings. The fourth-order valence-corrected chi connectivity index (χ4v) is 3.54. The Morgan fingerprint density at radius 2 is 2.05 bits per heavy atom. The Kier molecular flexibility index (Phi) is 5.64. The molecule has 6 nitrogen and oxygen atoms in total. The maximum absolute atomic E-state index is 12.3. The number of hydrogen-bond acceptors (Lipinski definition) is 5. The normalized spacial score (nSPS) is 12.9. The molecule has 0 aliphatic rings. The number of sulfonamides is 1. The second kappa shape index (κ2) is 6.62. The van der Waals surface area contributed by atoms with Crippen molar-refractivity contribution in [3.8, 4) is 0 Å². The summed E-state index contributed by atoms with van der Waals surface area (Å²) in [6.45, 7) is 5.27. The lowest BCUT2D eigenvalue weighted by Crippen LogP contribution is -2.40. The summed E-state index contributed by atoms with van der Waals surface area (Å²) in [6.07, 6.45) is 1.54. The van der Waals surface area contributed by atoms with Crippen LogP contribution in [0.2, 0.25) is 0 Å². The maximum Gasteiger partial charge on any atom is 0.242 e. The number of nitrogens with zero attached hydrogens (tertiary/aromatic N) is 2. The van der Waals surface area contributed by atoms with Gasteiger partial charge in [0, 0.05) is 25.8 Å². The van der Waals surface area contributed by atoms with E-state index in [-0.39, 0.29) is 16.9 Å². The molecule has 0 saturated carbocycles. The van der Waals surface area contributed by atoms with Crippen LogP contribution in [0.4, 0.5) is 0 Å². The first-order chi connectivity index (χ1) is 9.18. The Labute approximate surface area is 121 Å². The van der Waals surface area contributed by atoms with Gasteiger partial charge >= 0.3 is 0 Å². The van der Waals surface area contributed by atoms with Crippen molar-refractivity contribution in [2.24, 2.45) is 11.1 Å². The Bertz CT molecular complexity index is 541. The molecule has 1 aromatic rings. The standard InChI is InChI=1S/C13H24N4O2S/c1-13(2,10-17(3)4)9-16-20(18,19)12-6-5-7-15-11(12)8-14/h5-7,16H,8-10,14H2,1-4H3. The smallest absolute Gasteiger partial charge is 0.242 e. The van der Waals surface area contributed by atoms with Gasteiger partial charge in [0.25, 0.3) is 0 Å². The van der Waals surface area contributed by atoms with Crippen molar-refractivity contribution < 1.29 is 8.42 Å². The summed E-state index contributed by atoms with van der Waals surface area (Å²) in [6, 6.07) is 3.12. The van der Waals surface area contributed by atoms with Crippen molar-refractivity contribution in [3.05, 3.63) is 24.0 Å². The van der Waals surface area contributed by atoms with Gasteiger partial charge in [-0.15, -0.1) is 0 Å². The van der Waals surface area contributed by atoms with Crippen molar-refractivity contribution in [1.29, 1.82) is 0 Å². The lowest BCUT2D eigenvalue weighted by molar-refractivity contribution is 0.242. The summed E-state index contributed by atoms with van der Waals surface area (Å²) >= 11 is 0. The van der Waals surface area contributed by atoms with Gasteiger partial charge in [-0.1, -0.05) is 13.8 Å². The number of nitrogens with two attached hydrogens (primary N) is 1.